The van der Waals surface area contributed by atoms with E-state index in [1.165, 1.54) is 19.3 Å². The maximum Gasteiger partial charge on any atom is 0.260 e. The Morgan fingerprint density at radius 1 is 1.08 bits per heavy atom. The van der Waals surface area contributed by atoms with E-state index in [0.717, 1.165) is 39.0 Å². The normalized spacial score (nSPS) is 21.9. The lowest BCUT2D eigenvalue weighted by Gasteiger charge is -2.37. The molecule has 1 amide bonds. The topological polar surface area (TPSA) is 32.8 Å². The molecule has 2 saturated heterocycles. The highest BCUT2D eigenvalue weighted by Crippen LogP contribution is 2.26. The van der Waals surface area contributed by atoms with Crippen LogP contribution in [-0.4, -0.2) is 54.5 Å². The van der Waals surface area contributed by atoms with E-state index in [1.807, 2.05) is 4.90 Å². The van der Waals surface area contributed by atoms with Crippen LogP contribution >= 0.6 is 23.2 Å². The smallest absolute Gasteiger partial charge is 0.260 e. The molecule has 1 atom stereocenters. The van der Waals surface area contributed by atoms with Gasteiger partial charge in [-0.1, -0.05) is 23.2 Å². The SMILES string of the molecule is O=C(COc1ccc(Cl)c(Cl)c1)N1CCCCC1CN1CCCC1. The average Bonchev–Trinajstić information content (AvgIpc) is 3.09. The molecule has 2 fully saturated rings. The molecule has 132 valence electrons. The molecule has 0 saturated carbocycles. The van der Waals surface area contributed by atoms with E-state index in [1.54, 1.807) is 18.2 Å². The fourth-order valence-electron chi connectivity index (χ4n) is 3.58. The summed E-state index contributed by atoms with van der Waals surface area (Å²) < 4.78 is 5.63. The number of carbonyl (C=O) groups excluding carboxylic acids is 1. The summed E-state index contributed by atoms with van der Waals surface area (Å²) in [7, 11) is 0. The molecule has 0 aromatic heterocycles. The van der Waals surface area contributed by atoms with E-state index in [-0.39, 0.29) is 12.5 Å². The molecule has 2 aliphatic heterocycles. The number of amides is 1. The lowest BCUT2D eigenvalue weighted by atomic mass is 10.0. The predicted octanol–water partition coefficient (Wildman–Crippen LogP) is 3.85. The van der Waals surface area contributed by atoms with Crippen molar-refractivity contribution in [3.8, 4) is 5.75 Å². The number of hydrogen-bond acceptors (Lipinski definition) is 3. The second-order valence-corrected chi connectivity index (χ2v) is 7.42. The van der Waals surface area contributed by atoms with Gasteiger partial charge in [0, 0.05) is 25.2 Å². The Kier molecular flexibility index (Phi) is 6.25. The third-order valence-electron chi connectivity index (χ3n) is 4.87. The molecule has 0 spiro atoms. The van der Waals surface area contributed by atoms with E-state index in [0.29, 0.717) is 21.8 Å². The monoisotopic (exact) mass is 370 g/mol. The van der Waals surface area contributed by atoms with Crippen molar-refractivity contribution in [1.29, 1.82) is 0 Å². The van der Waals surface area contributed by atoms with Crippen LogP contribution in [0.1, 0.15) is 32.1 Å². The Labute approximate surface area is 153 Å². The van der Waals surface area contributed by atoms with Crippen molar-refractivity contribution in [1.82, 2.24) is 9.80 Å². The molecule has 0 bridgehead atoms. The van der Waals surface area contributed by atoms with E-state index < -0.39 is 0 Å². The number of benzene rings is 1. The fourth-order valence-corrected chi connectivity index (χ4v) is 3.86. The zero-order valence-corrected chi connectivity index (χ0v) is 15.4. The van der Waals surface area contributed by atoms with Crippen LogP contribution in [-0.2, 0) is 4.79 Å². The van der Waals surface area contributed by atoms with E-state index in [9.17, 15) is 4.79 Å². The Morgan fingerprint density at radius 3 is 2.58 bits per heavy atom. The molecule has 2 aliphatic rings. The van der Waals surface area contributed by atoms with Gasteiger partial charge in [-0.3, -0.25) is 4.79 Å². The number of carbonyl (C=O) groups is 1. The summed E-state index contributed by atoms with van der Waals surface area (Å²) in [6, 6.07) is 5.39. The predicted molar refractivity (Wildman–Crippen MR) is 97.0 cm³/mol. The van der Waals surface area contributed by atoms with Crippen LogP contribution < -0.4 is 4.74 Å². The van der Waals surface area contributed by atoms with Crippen molar-refractivity contribution < 1.29 is 9.53 Å². The zero-order chi connectivity index (χ0) is 16.9. The van der Waals surface area contributed by atoms with Crippen LogP contribution in [0.2, 0.25) is 10.0 Å². The van der Waals surface area contributed by atoms with Gasteiger partial charge in [-0.15, -0.1) is 0 Å². The van der Waals surface area contributed by atoms with Crippen LogP contribution in [0, 0.1) is 0 Å². The molecule has 1 unspecified atom stereocenters. The Morgan fingerprint density at radius 2 is 1.83 bits per heavy atom. The number of halogens is 2. The molecule has 1 aromatic carbocycles. The third-order valence-corrected chi connectivity index (χ3v) is 5.61. The van der Waals surface area contributed by atoms with E-state index in [2.05, 4.69) is 4.90 Å². The van der Waals surface area contributed by atoms with Gasteiger partial charge in [0.25, 0.3) is 5.91 Å². The summed E-state index contributed by atoms with van der Waals surface area (Å²) in [6.07, 6.45) is 5.93. The number of likely N-dealkylation sites (tertiary alicyclic amines) is 2. The highest BCUT2D eigenvalue weighted by molar-refractivity contribution is 6.42. The van der Waals surface area contributed by atoms with Crippen molar-refractivity contribution in [3.05, 3.63) is 28.2 Å². The molecule has 24 heavy (non-hydrogen) atoms. The molecule has 0 radical (unpaired) electrons. The number of rotatable bonds is 5. The molecular weight excluding hydrogens is 347 g/mol. The highest BCUT2D eigenvalue weighted by atomic mass is 35.5. The highest BCUT2D eigenvalue weighted by Gasteiger charge is 2.29. The van der Waals surface area contributed by atoms with Crippen LogP contribution in [0.5, 0.6) is 5.75 Å². The summed E-state index contributed by atoms with van der Waals surface area (Å²) >= 11 is 11.9. The first-order valence-corrected chi connectivity index (χ1v) is 9.49. The van der Waals surface area contributed by atoms with Gasteiger partial charge in [-0.25, -0.2) is 0 Å². The first-order valence-electron chi connectivity index (χ1n) is 8.73. The first kappa shape index (κ1) is 17.8. The van der Waals surface area contributed by atoms with Crippen molar-refractivity contribution >= 4 is 29.1 Å². The number of ether oxygens (including phenoxy) is 1. The minimum Gasteiger partial charge on any atom is -0.484 e. The standard InChI is InChI=1S/C18H24Cl2N2O2/c19-16-7-6-15(11-17(16)20)24-13-18(23)22-10-2-1-5-14(22)12-21-8-3-4-9-21/h6-7,11,14H,1-5,8-10,12-13H2. The van der Waals surface area contributed by atoms with Crippen molar-refractivity contribution in [2.24, 2.45) is 0 Å². The second kappa shape index (κ2) is 8.41. The van der Waals surface area contributed by atoms with Crippen molar-refractivity contribution in [2.45, 2.75) is 38.1 Å². The molecule has 0 aliphatic carbocycles. The maximum absolute atomic E-state index is 12.6. The van der Waals surface area contributed by atoms with Gasteiger partial charge in [-0.05, 0) is 57.3 Å². The minimum atomic E-state index is 0.0501. The van der Waals surface area contributed by atoms with Gasteiger partial charge in [0.15, 0.2) is 6.61 Å². The third kappa shape index (κ3) is 4.56. The summed E-state index contributed by atoms with van der Waals surface area (Å²) in [6.45, 7) is 4.21. The summed E-state index contributed by atoms with van der Waals surface area (Å²) in [5.41, 5.74) is 0. The Bertz CT molecular complexity index is 576. The molecule has 6 heteroatoms. The molecule has 3 rings (SSSR count). The summed E-state index contributed by atoms with van der Waals surface area (Å²) in [5, 5.41) is 0.920. The fraction of sp³-hybridized carbons (Fsp3) is 0.611. The number of piperidine rings is 1. The molecular formula is C18H24Cl2N2O2. The minimum absolute atomic E-state index is 0.0501. The average molecular weight is 371 g/mol. The van der Waals surface area contributed by atoms with Crippen molar-refractivity contribution in [3.63, 3.8) is 0 Å². The Balaban J connectivity index is 1.55. The van der Waals surface area contributed by atoms with Crippen molar-refractivity contribution in [2.75, 3.05) is 32.8 Å². The zero-order valence-electron chi connectivity index (χ0n) is 13.8. The summed E-state index contributed by atoms with van der Waals surface area (Å²) in [4.78, 5) is 17.1. The molecule has 4 nitrogen and oxygen atoms in total. The maximum atomic E-state index is 12.6. The van der Waals surface area contributed by atoms with Gasteiger partial charge in [-0.2, -0.15) is 0 Å². The van der Waals surface area contributed by atoms with Crippen LogP contribution in [0.4, 0.5) is 0 Å². The lowest BCUT2D eigenvalue weighted by molar-refractivity contribution is -0.137. The number of hydrogen-bond donors (Lipinski definition) is 0. The van der Waals surface area contributed by atoms with Crippen LogP contribution in [0.15, 0.2) is 18.2 Å². The van der Waals surface area contributed by atoms with Gasteiger partial charge >= 0.3 is 0 Å². The van der Waals surface area contributed by atoms with E-state index >= 15 is 0 Å². The van der Waals surface area contributed by atoms with Crippen LogP contribution in [0.3, 0.4) is 0 Å². The molecule has 0 N–H and O–H groups in total. The molecule has 2 heterocycles. The summed E-state index contributed by atoms with van der Waals surface area (Å²) in [5.74, 6) is 0.635. The Hall–Kier alpha value is -0.970. The van der Waals surface area contributed by atoms with Gasteiger partial charge < -0.3 is 14.5 Å². The van der Waals surface area contributed by atoms with Crippen LogP contribution in [0.25, 0.3) is 0 Å². The molecule has 1 aromatic rings. The first-order chi connectivity index (χ1) is 11.6. The van der Waals surface area contributed by atoms with Gasteiger partial charge in [0.2, 0.25) is 0 Å². The quantitative estimate of drug-likeness (QED) is 0.788. The van der Waals surface area contributed by atoms with E-state index in [4.69, 9.17) is 27.9 Å². The lowest BCUT2D eigenvalue weighted by Crippen LogP contribution is -2.50. The largest absolute Gasteiger partial charge is 0.484 e. The van der Waals surface area contributed by atoms with Gasteiger partial charge in [0.1, 0.15) is 5.75 Å². The number of nitrogens with zero attached hydrogens (tertiary/aromatic N) is 2. The van der Waals surface area contributed by atoms with Gasteiger partial charge in [0.05, 0.1) is 10.0 Å². The second-order valence-electron chi connectivity index (χ2n) is 6.61.